The Hall–Kier alpha value is -4.89. The van der Waals surface area contributed by atoms with Gasteiger partial charge in [-0.1, -0.05) is 30.3 Å². The first-order valence-electron chi connectivity index (χ1n) is 14.8. The second kappa shape index (κ2) is 12.7. The number of nitrogens with zero attached hydrogens (tertiary/aromatic N) is 8. The molecule has 0 bridgehead atoms. The number of aromatic nitrogens is 6. The summed E-state index contributed by atoms with van der Waals surface area (Å²) in [5, 5.41) is 20.1. The maximum atomic E-state index is 15.5. The highest BCUT2D eigenvalue weighted by Gasteiger charge is 2.42. The van der Waals surface area contributed by atoms with Crippen molar-refractivity contribution in [2.24, 2.45) is 0 Å². The Morgan fingerprint density at radius 3 is 2.26 bits per heavy atom. The third kappa shape index (κ3) is 6.53. The molecule has 5 aromatic rings. The van der Waals surface area contributed by atoms with E-state index < -0.39 is 40.7 Å². The normalized spacial score (nSPS) is 16.3. The van der Waals surface area contributed by atoms with E-state index in [9.17, 15) is 27.5 Å². The molecule has 0 amide bonds. The summed E-state index contributed by atoms with van der Waals surface area (Å²) in [7, 11) is 0. The Morgan fingerprint density at radius 1 is 0.894 bits per heavy atom. The molecular formula is C32H31F5N8O2. The molecule has 0 saturated carbocycles. The van der Waals surface area contributed by atoms with Crippen molar-refractivity contribution in [1.82, 2.24) is 34.0 Å². The molecule has 1 aliphatic rings. The van der Waals surface area contributed by atoms with Crippen LogP contribution in [0.25, 0.3) is 5.69 Å². The largest absolute Gasteiger partial charge is 0.416 e. The van der Waals surface area contributed by atoms with Crippen molar-refractivity contribution in [1.29, 1.82) is 0 Å². The second-order valence-electron chi connectivity index (χ2n) is 11.5. The number of alkyl halides is 3. The van der Waals surface area contributed by atoms with E-state index >= 15 is 4.39 Å². The molecule has 1 aliphatic heterocycles. The van der Waals surface area contributed by atoms with Gasteiger partial charge in [0.1, 0.15) is 36.2 Å². The molecule has 0 radical (unpaired) electrons. The minimum atomic E-state index is -4.47. The lowest BCUT2D eigenvalue weighted by atomic mass is 9.85. The number of piperazine rings is 1. The van der Waals surface area contributed by atoms with E-state index in [1.807, 2.05) is 16.7 Å². The Labute approximate surface area is 265 Å². The summed E-state index contributed by atoms with van der Waals surface area (Å²) in [6, 6.07) is 14.4. The van der Waals surface area contributed by atoms with Crippen LogP contribution in [-0.4, -0.2) is 71.3 Å². The molecule has 0 aliphatic carbocycles. The zero-order valence-electron chi connectivity index (χ0n) is 25.2. The van der Waals surface area contributed by atoms with Gasteiger partial charge < -0.3 is 10.0 Å². The third-order valence-corrected chi connectivity index (χ3v) is 8.66. The lowest BCUT2D eigenvalue weighted by Gasteiger charge is -2.45. The van der Waals surface area contributed by atoms with Crippen molar-refractivity contribution in [2.45, 2.75) is 37.8 Å². The lowest BCUT2D eigenvalue weighted by Crippen LogP contribution is -2.57. The Bertz CT molecular complexity index is 1880. The number of anilines is 1. The van der Waals surface area contributed by atoms with Gasteiger partial charge in [0.15, 0.2) is 0 Å². The first-order chi connectivity index (χ1) is 22.4. The van der Waals surface area contributed by atoms with Crippen LogP contribution in [0.15, 0.2) is 90.5 Å². The summed E-state index contributed by atoms with van der Waals surface area (Å²) in [5.41, 5.74) is -1.84. The quantitative estimate of drug-likeness (QED) is 0.240. The van der Waals surface area contributed by atoms with Crippen molar-refractivity contribution >= 4 is 5.69 Å². The van der Waals surface area contributed by atoms with E-state index in [1.54, 1.807) is 30.3 Å². The Balaban J connectivity index is 1.14. The van der Waals surface area contributed by atoms with Gasteiger partial charge in [0.05, 0.1) is 30.0 Å². The van der Waals surface area contributed by atoms with Crippen molar-refractivity contribution in [2.75, 3.05) is 31.1 Å². The first kappa shape index (κ1) is 32.1. The molecule has 246 valence electrons. The van der Waals surface area contributed by atoms with Gasteiger partial charge in [0.25, 0.3) is 0 Å². The first-order valence-corrected chi connectivity index (χ1v) is 14.8. The summed E-state index contributed by atoms with van der Waals surface area (Å²) in [4.78, 5) is 20.8. The fourth-order valence-electron chi connectivity index (χ4n) is 5.97. The highest BCUT2D eigenvalue weighted by atomic mass is 19.4. The van der Waals surface area contributed by atoms with Crippen LogP contribution in [0.4, 0.5) is 27.6 Å². The van der Waals surface area contributed by atoms with Gasteiger partial charge >= 0.3 is 11.9 Å². The van der Waals surface area contributed by atoms with Gasteiger partial charge in [0, 0.05) is 43.9 Å². The van der Waals surface area contributed by atoms with Crippen LogP contribution in [0.2, 0.25) is 0 Å². The summed E-state index contributed by atoms with van der Waals surface area (Å²) in [6.45, 7) is 3.48. The van der Waals surface area contributed by atoms with Gasteiger partial charge in [-0.3, -0.25) is 4.90 Å². The molecule has 2 atom stereocenters. The van der Waals surface area contributed by atoms with Crippen molar-refractivity contribution in [3.63, 3.8) is 0 Å². The molecule has 2 aromatic heterocycles. The maximum Gasteiger partial charge on any atom is 0.416 e. The predicted molar refractivity (Wildman–Crippen MR) is 162 cm³/mol. The SMILES string of the molecule is C[C@@H](N1CCN(c2ccc(-n3cnn(Cc4ccc(C(F)(F)F)cc4)c3=O)cc2F)CC1)[C@](O)(Cn1cncn1)c1ccccc1F. The monoisotopic (exact) mass is 654 g/mol. The molecule has 0 unspecified atom stereocenters. The fourth-order valence-corrected chi connectivity index (χ4v) is 5.97. The second-order valence-corrected chi connectivity index (χ2v) is 11.5. The number of hydrogen-bond donors (Lipinski definition) is 1. The summed E-state index contributed by atoms with van der Waals surface area (Å²) >= 11 is 0. The number of aliphatic hydroxyl groups is 1. The zero-order chi connectivity index (χ0) is 33.3. The van der Waals surface area contributed by atoms with Crippen molar-refractivity contribution in [3.05, 3.63) is 125 Å². The molecule has 10 nitrogen and oxygen atoms in total. The van der Waals surface area contributed by atoms with Crippen LogP contribution >= 0.6 is 0 Å². The van der Waals surface area contributed by atoms with Crippen LogP contribution < -0.4 is 10.6 Å². The van der Waals surface area contributed by atoms with Gasteiger partial charge in [0.2, 0.25) is 0 Å². The molecule has 1 saturated heterocycles. The number of hydrogen-bond acceptors (Lipinski definition) is 7. The molecule has 47 heavy (non-hydrogen) atoms. The molecule has 6 rings (SSSR count). The van der Waals surface area contributed by atoms with E-state index in [2.05, 4.69) is 15.2 Å². The zero-order valence-corrected chi connectivity index (χ0v) is 25.2. The molecule has 1 fully saturated rings. The van der Waals surface area contributed by atoms with Crippen LogP contribution in [0, 0.1) is 11.6 Å². The lowest BCUT2D eigenvalue weighted by molar-refractivity contribution is -0.137. The smallest absolute Gasteiger partial charge is 0.381 e. The molecular weight excluding hydrogens is 623 g/mol. The topological polar surface area (TPSA) is 97.2 Å². The highest BCUT2D eigenvalue weighted by Crippen LogP contribution is 2.34. The molecule has 15 heteroatoms. The van der Waals surface area contributed by atoms with E-state index in [0.29, 0.717) is 37.4 Å². The summed E-state index contributed by atoms with van der Waals surface area (Å²) < 4.78 is 72.8. The van der Waals surface area contributed by atoms with E-state index in [4.69, 9.17) is 0 Å². The maximum absolute atomic E-state index is 15.5. The van der Waals surface area contributed by atoms with Crippen LogP contribution in [0.5, 0.6) is 0 Å². The number of halogens is 5. The van der Waals surface area contributed by atoms with Crippen LogP contribution in [0.3, 0.4) is 0 Å². The van der Waals surface area contributed by atoms with Gasteiger partial charge in [-0.2, -0.15) is 23.4 Å². The van der Waals surface area contributed by atoms with E-state index in [0.717, 1.165) is 21.4 Å². The van der Waals surface area contributed by atoms with E-state index in [1.165, 1.54) is 47.9 Å². The standard InChI is InChI=1S/C32H31F5N8O2/c1-22(31(47,18-43-20-38-19-39-43)26-4-2-3-5-27(26)33)41-12-14-42(15-13-41)29-11-10-25(16-28(29)34)44-21-40-45(30(44)46)17-23-6-8-24(9-7-23)32(35,36)37/h2-11,16,19-22,47H,12-15,17-18H2,1H3/t22-,31-/m1/s1. The number of rotatable bonds is 9. The number of benzene rings is 3. The van der Waals surface area contributed by atoms with Crippen LogP contribution in [-0.2, 0) is 24.9 Å². The van der Waals surface area contributed by atoms with Gasteiger partial charge in [-0.05, 0) is 42.8 Å². The van der Waals surface area contributed by atoms with Gasteiger partial charge in [-0.15, -0.1) is 0 Å². The summed E-state index contributed by atoms with van der Waals surface area (Å²) in [6.07, 6.45) is -0.429. The average molecular weight is 655 g/mol. The predicted octanol–water partition coefficient (Wildman–Crippen LogP) is 4.07. The fraction of sp³-hybridized carbons (Fsp3) is 0.312. The Morgan fingerprint density at radius 2 is 1.62 bits per heavy atom. The molecule has 3 heterocycles. The average Bonchev–Trinajstić information content (AvgIpc) is 3.70. The Kier molecular flexibility index (Phi) is 8.68. The summed E-state index contributed by atoms with van der Waals surface area (Å²) in [5.74, 6) is -1.09. The highest BCUT2D eigenvalue weighted by molar-refractivity contribution is 5.53. The van der Waals surface area contributed by atoms with Gasteiger partial charge in [-0.25, -0.2) is 32.5 Å². The minimum Gasteiger partial charge on any atom is -0.381 e. The molecule has 0 spiro atoms. The van der Waals surface area contributed by atoms with Crippen molar-refractivity contribution in [3.8, 4) is 5.69 Å². The minimum absolute atomic E-state index is 0.0221. The molecule has 3 aromatic carbocycles. The van der Waals surface area contributed by atoms with Crippen molar-refractivity contribution < 1.29 is 27.1 Å². The van der Waals surface area contributed by atoms with E-state index in [-0.39, 0.29) is 24.3 Å². The van der Waals surface area contributed by atoms with Crippen LogP contribution in [0.1, 0.15) is 23.6 Å². The third-order valence-electron chi connectivity index (χ3n) is 8.66. The molecule has 1 N–H and O–H groups in total.